The monoisotopic (exact) mass is 388 g/mol. The molecule has 1 atom stereocenters. The number of amides is 2. The molecule has 1 saturated heterocycles. The van der Waals surface area contributed by atoms with Crippen LogP contribution in [0.5, 0.6) is 5.75 Å². The third-order valence-corrected chi connectivity index (χ3v) is 4.21. The summed E-state index contributed by atoms with van der Waals surface area (Å²) in [6.45, 7) is -2.59. The van der Waals surface area contributed by atoms with E-state index in [-0.39, 0.29) is 30.5 Å². The van der Waals surface area contributed by atoms with Crippen molar-refractivity contribution in [1.29, 1.82) is 0 Å². The van der Waals surface area contributed by atoms with Gasteiger partial charge in [0.2, 0.25) is 5.91 Å². The Morgan fingerprint density at radius 2 is 1.75 bits per heavy atom. The van der Waals surface area contributed by atoms with Gasteiger partial charge in [0.15, 0.2) is 0 Å². The minimum absolute atomic E-state index is 0.0193. The van der Waals surface area contributed by atoms with Crippen LogP contribution in [0.25, 0.3) is 0 Å². The van der Waals surface area contributed by atoms with Crippen LogP contribution in [0.3, 0.4) is 0 Å². The van der Waals surface area contributed by atoms with E-state index in [0.717, 1.165) is 4.90 Å². The normalized spacial score (nSPS) is 18.4. The number of ether oxygens (including phenoxy) is 2. The van der Waals surface area contributed by atoms with E-state index in [1.165, 1.54) is 31.4 Å². The summed E-state index contributed by atoms with van der Waals surface area (Å²) in [6.07, 6.45) is 0. The maximum atomic E-state index is 12.9. The Hall–Kier alpha value is -3.13. The van der Waals surface area contributed by atoms with Gasteiger partial charge in [-0.3, -0.25) is 14.5 Å². The van der Waals surface area contributed by atoms with Crippen LogP contribution >= 0.6 is 0 Å². The Morgan fingerprint density at radius 1 is 1.07 bits per heavy atom. The molecule has 0 aliphatic carbocycles. The van der Waals surface area contributed by atoms with Crippen LogP contribution < -0.4 is 4.74 Å². The number of carbonyl (C=O) groups is 2. The summed E-state index contributed by atoms with van der Waals surface area (Å²) in [4.78, 5) is 31.1. The van der Waals surface area contributed by atoms with Crippen molar-refractivity contribution in [3.8, 4) is 5.75 Å². The molecule has 1 aliphatic heterocycles. The van der Waals surface area contributed by atoms with Crippen molar-refractivity contribution in [3.63, 3.8) is 0 Å². The topological polar surface area (TPSA) is 68.2 Å². The molecule has 0 radical (unpaired) electrons. The Morgan fingerprint density at radius 3 is 2.36 bits per heavy atom. The van der Waals surface area contributed by atoms with Crippen molar-refractivity contribution in [2.75, 3.05) is 20.3 Å². The fourth-order valence-electron chi connectivity index (χ4n) is 2.93. The summed E-state index contributed by atoms with van der Waals surface area (Å²) in [5, 5.41) is 0. The molecule has 1 heterocycles. The van der Waals surface area contributed by atoms with E-state index in [2.05, 4.69) is 9.73 Å². The zero-order valence-corrected chi connectivity index (χ0v) is 15.0. The lowest BCUT2D eigenvalue weighted by molar-refractivity contribution is -0.138. The van der Waals surface area contributed by atoms with E-state index in [1.54, 1.807) is 24.3 Å². The fourth-order valence-corrected chi connectivity index (χ4v) is 2.93. The number of halogens is 2. The van der Waals surface area contributed by atoms with Gasteiger partial charge < -0.3 is 9.47 Å². The minimum atomic E-state index is -2.93. The molecule has 0 aromatic heterocycles. The molecule has 3 rings (SSSR count). The van der Waals surface area contributed by atoms with Gasteiger partial charge >= 0.3 is 6.61 Å². The summed E-state index contributed by atoms with van der Waals surface area (Å²) in [5.74, 6) is -1.72. The second kappa shape index (κ2) is 8.71. The highest BCUT2D eigenvalue weighted by Crippen LogP contribution is 2.30. The first-order chi connectivity index (χ1) is 13.5. The molecule has 0 saturated carbocycles. The Bertz CT molecular complexity index is 870. The molecule has 146 valence electrons. The second-order valence-corrected chi connectivity index (χ2v) is 6.00. The Kier molecular flexibility index (Phi) is 6.10. The molecule has 1 unspecified atom stereocenters. The van der Waals surface area contributed by atoms with Gasteiger partial charge in [-0.1, -0.05) is 30.3 Å². The first-order valence-corrected chi connectivity index (χ1v) is 8.54. The lowest BCUT2D eigenvalue weighted by Gasteiger charge is -2.13. The molecule has 0 bridgehead atoms. The molecule has 1 fully saturated rings. The van der Waals surface area contributed by atoms with Crippen LogP contribution in [0.2, 0.25) is 0 Å². The highest BCUT2D eigenvalue weighted by molar-refractivity contribution is 6.52. The molecule has 28 heavy (non-hydrogen) atoms. The third kappa shape index (κ3) is 4.23. The summed E-state index contributed by atoms with van der Waals surface area (Å²) in [6, 6.07) is 14.4. The molecule has 1 aliphatic rings. The highest BCUT2D eigenvalue weighted by Gasteiger charge is 2.45. The number of aliphatic imine (C=N–C) groups is 1. The molecule has 2 amide bonds. The lowest BCUT2D eigenvalue weighted by Crippen LogP contribution is -2.34. The predicted molar refractivity (Wildman–Crippen MR) is 97.9 cm³/mol. The van der Waals surface area contributed by atoms with Crippen LogP contribution in [0.4, 0.5) is 14.5 Å². The van der Waals surface area contributed by atoms with Gasteiger partial charge in [0.05, 0.1) is 18.8 Å². The molecule has 2 aromatic rings. The number of nitrogens with zero attached hydrogens (tertiary/aromatic N) is 2. The number of carbonyl (C=O) groups excluding carboxylic acids is 2. The number of benzene rings is 2. The van der Waals surface area contributed by atoms with Crippen LogP contribution in [0.1, 0.15) is 11.5 Å². The van der Waals surface area contributed by atoms with E-state index >= 15 is 0 Å². The maximum Gasteiger partial charge on any atom is 0.387 e. The highest BCUT2D eigenvalue weighted by atomic mass is 19.3. The van der Waals surface area contributed by atoms with Crippen LogP contribution in [0, 0.1) is 0 Å². The smallest absolute Gasteiger partial charge is 0.387 e. The zero-order valence-electron chi connectivity index (χ0n) is 15.0. The van der Waals surface area contributed by atoms with E-state index in [0.29, 0.717) is 11.3 Å². The van der Waals surface area contributed by atoms with Crippen LogP contribution in [0.15, 0.2) is 59.6 Å². The first-order valence-electron chi connectivity index (χ1n) is 8.54. The quantitative estimate of drug-likeness (QED) is 0.684. The summed E-state index contributed by atoms with van der Waals surface area (Å²) in [7, 11) is 1.48. The molecule has 0 spiro atoms. The number of likely N-dealkylation sites (tertiary alicyclic amines) is 1. The third-order valence-electron chi connectivity index (χ3n) is 4.21. The van der Waals surface area contributed by atoms with Gasteiger partial charge in [0.1, 0.15) is 17.4 Å². The number of methoxy groups -OCH3 is 1. The lowest BCUT2D eigenvalue weighted by atomic mass is 9.96. The molecule has 0 N–H and O–H groups in total. The van der Waals surface area contributed by atoms with Crippen molar-refractivity contribution >= 4 is 23.2 Å². The van der Waals surface area contributed by atoms with Crippen molar-refractivity contribution in [2.45, 2.75) is 12.5 Å². The molecular formula is C20H18F2N2O4. The van der Waals surface area contributed by atoms with E-state index in [9.17, 15) is 18.4 Å². The average Bonchev–Trinajstić information content (AvgIpc) is 2.91. The predicted octanol–water partition coefficient (Wildman–Crippen LogP) is 3.16. The Labute approximate surface area is 160 Å². The van der Waals surface area contributed by atoms with Crippen LogP contribution in [-0.2, 0) is 14.3 Å². The average molecular weight is 388 g/mol. The number of hydrogen-bond acceptors (Lipinski definition) is 5. The zero-order chi connectivity index (χ0) is 20.1. The van der Waals surface area contributed by atoms with Crippen molar-refractivity contribution in [1.82, 2.24) is 4.90 Å². The standard InChI is InChI=1S/C20H18F2N2O4/c1-27-12-11-24-18(25)16(13-5-3-2-4-6-13)17(19(24)26)23-14-7-9-15(10-8-14)28-20(21)22/h2-10,16,20H,11-12H2,1H3. The summed E-state index contributed by atoms with van der Waals surface area (Å²) < 4.78 is 33.8. The Balaban J connectivity index is 1.96. The summed E-state index contributed by atoms with van der Waals surface area (Å²) in [5.41, 5.74) is 1.08. The number of hydrogen-bond donors (Lipinski definition) is 0. The van der Waals surface area contributed by atoms with Gasteiger partial charge in [-0.05, 0) is 29.8 Å². The van der Waals surface area contributed by atoms with Gasteiger partial charge in [0.25, 0.3) is 5.91 Å². The second-order valence-electron chi connectivity index (χ2n) is 6.00. The van der Waals surface area contributed by atoms with Gasteiger partial charge in [-0.25, -0.2) is 4.99 Å². The molecular weight excluding hydrogens is 370 g/mol. The van der Waals surface area contributed by atoms with E-state index in [1.807, 2.05) is 6.07 Å². The van der Waals surface area contributed by atoms with Crippen LogP contribution in [-0.4, -0.2) is 49.3 Å². The van der Waals surface area contributed by atoms with Gasteiger partial charge in [-0.2, -0.15) is 8.78 Å². The van der Waals surface area contributed by atoms with Crippen molar-refractivity contribution in [2.24, 2.45) is 4.99 Å². The fraction of sp³-hybridized carbons (Fsp3) is 0.250. The number of imide groups is 1. The number of alkyl halides is 2. The molecule has 6 nitrogen and oxygen atoms in total. The van der Waals surface area contributed by atoms with Gasteiger partial charge in [-0.15, -0.1) is 0 Å². The molecule has 8 heteroatoms. The van der Waals surface area contributed by atoms with Crippen molar-refractivity contribution < 1.29 is 27.8 Å². The van der Waals surface area contributed by atoms with E-state index < -0.39 is 18.4 Å². The maximum absolute atomic E-state index is 12.9. The molecule has 2 aromatic carbocycles. The minimum Gasteiger partial charge on any atom is -0.435 e. The van der Waals surface area contributed by atoms with Crippen molar-refractivity contribution in [3.05, 3.63) is 60.2 Å². The number of rotatable bonds is 7. The van der Waals surface area contributed by atoms with Gasteiger partial charge in [0, 0.05) is 7.11 Å². The first kappa shape index (κ1) is 19.6. The SMILES string of the molecule is COCCN1C(=O)C(=Nc2ccc(OC(F)F)cc2)C(c2ccccc2)C1=O. The summed E-state index contributed by atoms with van der Waals surface area (Å²) >= 11 is 0. The largest absolute Gasteiger partial charge is 0.435 e. The van der Waals surface area contributed by atoms with E-state index in [4.69, 9.17) is 4.74 Å².